The van der Waals surface area contributed by atoms with E-state index in [9.17, 15) is 5.11 Å². The molecule has 2 N–H and O–H groups in total. The van der Waals surface area contributed by atoms with Crippen molar-refractivity contribution in [2.75, 3.05) is 32.8 Å². The quantitative estimate of drug-likeness (QED) is 0.830. The molecular weight excluding hydrogens is 260 g/mol. The number of hydrogen-bond donors (Lipinski definition) is 2. The fraction of sp³-hybridized carbons (Fsp3) is 0.714. The van der Waals surface area contributed by atoms with E-state index in [4.69, 9.17) is 4.74 Å². The lowest BCUT2D eigenvalue weighted by molar-refractivity contribution is -0.0379. The first kappa shape index (κ1) is 14.9. The van der Waals surface area contributed by atoms with Crippen LogP contribution in [0.2, 0.25) is 0 Å². The molecule has 0 radical (unpaired) electrons. The van der Waals surface area contributed by atoms with Crippen molar-refractivity contribution in [2.24, 2.45) is 0 Å². The zero-order chi connectivity index (χ0) is 13.7. The smallest absolute Gasteiger partial charge is 0.0922 e. The number of aliphatic hydroxyl groups excluding tert-OH is 1. The Kier molecular flexibility index (Phi) is 5.78. The number of rotatable bonds is 6. The first-order valence-corrected chi connectivity index (χ1v) is 7.87. The van der Waals surface area contributed by atoms with Gasteiger partial charge in [0.15, 0.2) is 0 Å². The molecule has 19 heavy (non-hydrogen) atoms. The summed E-state index contributed by atoms with van der Waals surface area (Å²) in [6.07, 6.45) is -0.193. The van der Waals surface area contributed by atoms with Crippen LogP contribution in [0.5, 0.6) is 0 Å². The van der Waals surface area contributed by atoms with Crippen LogP contribution in [0.4, 0.5) is 0 Å². The van der Waals surface area contributed by atoms with Crippen LogP contribution < -0.4 is 5.32 Å². The van der Waals surface area contributed by atoms with Crippen LogP contribution in [-0.4, -0.2) is 54.9 Å². The van der Waals surface area contributed by atoms with Gasteiger partial charge in [-0.25, -0.2) is 0 Å². The molecule has 5 heteroatoms. The number of hydrogen-bond acceptors (Lipinski definition) is 5. The Balaban J connectivity index is 1.68. The molecular formula is C14H24N2O2S. The van der Waals surface area contributed by atoms with Crippen LogP contribution in [0.15, 0.2) is 16.8 Å². The maximum Gasteiger partial charge on any atom is 0.0922 e. The summed E-state index contributed by atoms with van der Waals surface area (Å²) in [4.78, 5) is 2.44. The Morgan fingerprint density at radius 2 is 2.42 bits per heavy atom. The normalized spacial score (nSPS) is 22.8. The van der Waals surface area contributed by atoms with Crippen molar-refractivity contribution in [3.63, 3.8) is 0 Å². The summed E-state index contributed by atoms with van der Waals surface area (Å²) in [6, 6.07) is 2.54. The van der Waals surface area contributed by atoms with E-state index in [0.29, 0.717) is 12.6 Å². The van der Waals surface area contributed by atoms with Crippen molar-refractivity contribution >= 4 is 11.3 Å². The van der Waals surface area contributed by atoms with Crippen LogP contribution in [-0.2, 0) is 4.74 Å². The lowest BCUT2D eigenvalue weighted by Crippen LogP contribution is -2.49. The van der Waals surface area contributed by atoms with Gasteiger partial charge in [-0.05, 0) is 36.2 Å². The number of morpholine rings is 1. The summed E-state index contributed by atoms with van der Waals surface area (Å²) in [5.41, 5.74) is 0.992. The first-order valence-electron chi connectivity index (χ1n) is 6.93. The first-order chi connectivity index (χ1) is 9.16. The molecule has 1 aliphatic heterocycles. The molecule has 1 aromatic heterocycles. The monoisotopic (exact) mass is 284 g/mol. The molecule has 0 aromatic carbocycles. The minimum absolute atomic E-state index is 0.228. The maximum absolute atomic E-state index is 9.97. The van der Waals surface area contributed by atoms with E-state index in [2.05, 4.69) is 24.1 Å². The minimum atomic E-state index is -0.420. The zero-order valence-corrected chi connectivity index (χ0v) is 12.5. The lowest BCUT2D eigenvalue weighted by Gasteiger charge is -2.35. The Bertz CT molecular complexity index is 356. The van der Waals surface area contributed by atoms with E-state index in [-0.39, 0.29) is 6.10 Å². The Morgan fingerprint density at radius 3 is 3.11 bits per heavy atom. The second-order valence-corrected chi connectivity index (χ2v) is 6.09. The summed E-state index contributed by atoms with van der Waals surface area (Å²) >= 11 is 1.61. The third-order valence-corrected chi connectivity index (χ3v) is 4.24. The Morgan fingerprint density at radius 1 is 1.58 bits per heavy atom. The molecule has 0 saturated carbocycles. The molecule has 4 nitrogen and oxygen atoms in total. The van der Waals surface area contributed by atoms with Gasteiger partial charge in [0, 0.05) is 32.2 Å². The average Bonchev–Trinajstić information content (AvgIpc) is 2.93. The molecule has 0 bridgehead atoms. The minimum Gasteiger partial charge on any atom is -0.387 e. The van der Waals surface area contributed by atoms with Crippen molar-refractivity contribution in [2.45, 2.75) is 32.1 Å². The summed E-state index contributed by atoms with van der Waals surface area (Å²) in [5.74, 6) is 0. The molecule has 2 atom stereocenters. The number of aliphatic hydroxyl groups is 1. The van der Waals surface area contributed by atoms with Crippen molar-refractivity contribution in [1.82, 2.24) is 10.2 Å². The van der Waals surface area contributed by atoms with Gasteiger partial charge in [-0.1, -0.05) is 0 Å². The van der Waals surface area contributed by atoms with Crippen molar-refractivity contribution in [3.8, 4) is 0 Å². The van der Waals surface area contributed by atoms with Crippen LogP contribution in [0.25, 0.3) is 0 Å². The number of thiophene rings is 1. The van der Waals surface area contributed by atoms with Crippen LogP contribution in [0.3, 0.4) is 0 Å². The molecule has 2 rings (SSSR count). The van der Waals surface area contributed by atoms with Gasteiger partial charge in [-0.2, -0.15) is 11.3 Å². The highest BCUT2D eigenvalue weighted by Crippen LogP contribution is 2.15. The summed E-state index contributed by atoms with van der Waals surface area (Å²) < 4.78 is 5.75. The number of nitrogens with one attached hydrogen (secondary N) is 1. The van der Waals surface area contributed by atoms with Crippen molar-refractivity contribution < 1.29 is 9.84 Å². The highest BCUT2D eigenvalue weighted by molar-refractivity contribution is 7.07. The second kappa shape index (κ2) is 7.36. The number of ether oxygens (including phenoxy) is 1. The largest absolute Gasteiger partial charge is 0.387 e. The van der Waals surface area contributed by atoms with E-state index < -0.39 is 6.10 Å². The van der Waals surface area contributed by atoms with Gasteiger partial charge in [0.1, 0.15) is 0 Å². The summed E-state index contributed by atoms with van der Waals surface area (Å²) in [6.45, 7) is 8.61. The van der Waals surface area contributed by atoms with Gasteiger partial charge < -0.3 is 15.2 Å². The standard InChI is InChI=1S/C14H24N2O2S/c1-11(2)16-4-5-18-13(9-16)7-15-8-14(17)12-3-6-19-10-12/h3,6,10-11,13-15,17H,4-5,7-9H2,1-2H3. The summed E-state index contributed by atoms with van der Waals surface area (Å²) in [7, 11) is 0. The van der Waals surface area contributed by atoms with Crippen molar-refractivity contribution in [3.05, 3.63) is 22.4 Å². The van der Waals surface area contributed by atoms with E-state index in [1.165, 1.54) is 0 Å². The van der Waals surface area contributed by atoms with Gasteiger partial charge in [-0.3, -0.25) is 4.90 Å². The molecule has 2 heterocycles. The second-order valence-electron chi connectivity index (χ2n) is 5.31. The van der Waals surface area contributed by atoms with E-state index in [1.54, 1.807) is 11.3 Å². The predicted octanol–water partition coefficient (Wildman–Crippen LogP) is 1.48. The fourth-order valence-electron chi connectivity index (χ4n) is 2.30. The molecule has 1 aliphatic rings. The van der Waals surface area contributed by atoms with Crippen LogP contribution in [0, 0.1) is 0 Å². The predicted molar refractivity (Wildman–Crippen MR) is 78.6 cm³/mol. The van der Waals surface area contributed by atoms with Crippen molar-refractivity contribution in [1.29, 1.82) is 0 Å². The van der Waals surface area contributed by atoms with Crippen LogP contribution in [0.1, 0.15) is 25.5 Å². The topological polar surface area (TPSA) is 44.7 Å². The fourth-order valence-corrected chi connectivity index (χ4v) is 3.01. The Hall–Kier alpha value is -0.460. The van der Waals surface area contributed by atoms with Gasteiger partial charge in [0.2, 0.25) is 0 Å². The molecule has 0 aliphatic carbocycles. The van der Waals surface area contributed by atoms with E-state index in [0.717, 1.165) is 31.8 Å². The van der Waals surface area contributed by atoms with E-state index >= 15 is 0 Å². The molecule has 0 spiro atoms. The molecule has 108 valence electrons. The molecule has 0 amide bonds. The molecule has 1 fully saturated rings. The highest BCUT2D eigenvalue weighted by Gasteiger charge is 2.22. The third kappa shape index (κ3) is 4.54. The van der Waals surface area contributed by atoms with Gasteiger partial charge in [-0.15, -0.1) is 0 Å². The molecule has 2 unspecified atom stereocenters. The third-order valence-electron chi connectivity index (χ3n) is 3.54. The van der Waals surface area contributed by atoms with Gasteiger partial charge in [0.25, 0.3) is 0 Å². The maximum atomic E-state index is 9.97. The Labute approximate surface area is 119 Å². The van der Waals surface area contributed by atoms with E-state index in [1.807, 2.05) is 16.8 Å². The molecule has 1 saturated heterocycles. The average molecular weight is 284 g/mol. The van der Waals surface area contributed by atoms with Gasteiger partial charge in [0.05, 0.1) is 18.8 Å². The number of nitrogens with zero attached hydrogens (tertiary/aromatic N) is 1. The highest BCUT2D eigenvalue weighted by atomic mass is 32.1. The SMILES string of the molecule is CC(C)N1CCOC(CNCC(O)c2ccsc2)C1. The van der Waals surface area contributed by atoms with Crippen LogP contribution >= 0.6 is 11.3 Å². The zero-order valence-electron chi connectivity index (χ0n) is 11.7. The molecule has 1 aromatic rings. The summed E-state index contributed by atoms with van der Waals surface area (Å²) in [5, 5.41) is 17.3. The lowest BCUT2D eigenvalue weighted by atomic mass is 10.2. The van der Waals surface area contributed by atoms with Gasteiger partial charge >= 0.3 is 0 Å².